The fraction of sp³-hybridized carbons (Fsp3) is 0.733. The van der Waals surface area contributed by atoms with Gasteiger partial charge in [0, 0.05) is 38.8 Å². The lowest BCUT2D eigenvalue weighted by Gasteiger charge is -2.39. The van der Waals surface area contributed by atoms with Crippen LogP contribution in [-0.4, -0.2) is 83.7 Å². The van der Waals surface area contributed by atoms with E-state index in [1.807, 2.05) is 0 Å². The number of ether oxygens (including phenoxy) is 1. The number of rotatable bonds is 2. The van der Waals surface area contributed by atoms with Gasteiger partial charge in [0.05, 0.1) is 13.2 Å². The third kappa shape index (κ3) is 2.39. The Morgan fingerprint density at radius 3 is 2.38 bits per heavy atom. The van der Waals surface area contributed by atoms with Crippen molar-refractivity contribution in [2.75, 3.05) is 62.3 Å². The molecule has 0 aliphatic carbocycles. The highest BCUT2D eigenvalue weighted by atomic mass is 16.6. The minimum absolute atomic E-state index is 0.472. The number of hydrogen-bond donors (Lipinski definition) is 0. The molecule has 5 rings (SSSR count). The number of anilines is 2. The van der Waals surface area contributed by atoms with Crippen molar-refractivity contribution in [3.8, 4) is 0 Å². The summed E-state index contributed by atoms with van der Waals surface area (Å²) in [5, 5.41) is 7.76. The van der Waals surface area contributed by atoms with E-state index in [0.29, 0.717) is 30.5 Å². The highest BCUT2D eigenvalue weighted by Gasteiger charge is 2.33. The zero-order chi connectivity index (χ0) is 15.9. The third-order valence-corrected chi connectivity index (χ3v) is 5.28. The Morgan fingerprint density at radius 1 is 0.833 bits per heavy atom. The first-order valence-corrected chi connectivity index (χ1v) is 8.70. The number of fused-ring (bicyclic) bond motifs is 2. The van der Waals surface area contributed by atoms with Gasteiger partial charge in [0.2, 0.25) is 11.3 Å². The summed E-state index contributed by atoms with van der Waals surface area (Å²) in [6.07, 6.45) is 2.57. The monoisotopic (exact) mass is 331 g/mol. The van der Waals surface area contributed by atoms with Crippen LogP contribution in [0.4, 0.5) is 11.6 Å². The Hall–Kier alpha value is -2.00. The van der Waals surface area contributed by atoms with E-state index in [1.54, 1.807) is 0 Å². The van der Waals surface area contributed by atoms with Gasteiger partial charge in [0.15, 0.2) is 11.6 Å². The van der Waals surface area contributed by atoms with Crippen LogP contribution < -0.4 is 9.80 Å². The minimum atomic E-state index is 0.472. The number of piperazine rings is 1. The van der Waals surface area contributed by atoms with Crippen LogP contribution in [0.3, 0.4) is 0 Å². The standard InChI is InChI=1S/C15H21N7O2/c1-2-11-10-22(5-4-20(11)3-1)15-14(21-6-8-23-9-7-21)16-12-13(17-15)19-24-18-12/h11H,1-10H2/t11-/m1/s1. The Labute approximate surface area is 139 Å². The predicted octanol–water partition coefficient (Wildman–Crippen LogP) is 0.134. The topological polar surface area (TPSA) is 83.6 Å². The van der Waals surface area contributed by atoms with E-state index in [2.05, 4.69) is 25.0 Å². The maximum atomic E-state index is 5.48. The van der Waals surface area contributed by atoms with Crippen LogP contribution in [0.25, 0.3) is 11.3 Å². The SMILES string of the molecule is C1C[C@@H]2CN(c3nc4nonc4nc3N3CCOCC3)CCN2C1. The Balaban J connectivity index is 1.52. The summed E-state index contributed by atoms with van der Waals surface area (Å²) in [6.45, 7) is 7.36. The lowest BCUT2D eigenvalue weighted by atomic mass is 10.1. The predicted molar refractivity (Wildman–Crippen MR) is 87.2 cm³/mol. The van der Waals surface area contributed by atoms with E-state index < -0.39 is 0 Å². The van der Waals surface area contributed by atoms with Crippen LogP contribution in [-0.2, 0) is 4.74 Å². The highest BCUT2D eigenvalue weighted by Crippen LogP contribution is 2.31. The second-order valence-electron chi connectivity index (χ2n) is 6.66. The first-order valence-electron chi connectivity index (χ1n) is 8.70. The molecule has 0 amide bonds. The zero-order valence-corrected chi connectivity index (χ0v) is 13.6. The third-order valence-electron chi connectivity index (χ3n) is 5.28. The molecule has 0 unspecified atom stereocenters. The molecule has 3 aliphatic rings. The Morgan fingerprint density at radius 2 is 1.58 bits per heavy atom. The molecule has 5 heterocycles. The van der Waals surface area contributed by atoms with E-state index in [1.165, 1.54) is 19.4 Å². The van der Waals surface area contributed by atoms with Crippen molar-refractivity contribution in [2.24, 2.45) is 0 Å². The molecular formula is C15H21N7O2. The number of aromatic nitrogens is 4. The fourth-order valence-electron chi connectivity index (χ4n) is 4.00. The molecule has 9 nitrogen and oxygen atoms in total. The van der Waals surface area contributed by atoms with E-state index >= 15 is 0 Å². The van der Waals surface area contributed by atoms with E-state index in [-0.39, 0.29) is 0 Å². The molecule has 0 saturated carbocycles. The molecule has 0 bridgehead atoms. The summed E-state index contributed by atoms with van der Waals surface area (Å²) in [5.41, 5.74) is 0.954. The van der Waals surface area contributed by atoms with Crippen LogP contribution in [0.5, 0.6) is 0 Å². The largest absolute Gasteiger partial charge is 0.378 e. The van der Waals surface area contributed by atoms with E-state index in [0.717, 1.165) is 44.4 Å². The summed E-state index contributed by atoms with van der Waals surface area (Å²) in [5.74, 6) is 1.79. The minimum Gasteiger partial charge on any atom is -0.378 e. The van der Waals surface area contributed by atoms with Gasteiger partial charge in [0.25, 0.3) is 0 Å². The van der Waals surface area contributed by atoms with Gasteiger partial charge in [0.1, 0.15) is 0 Å². The van der Waals surface area contributed by atoms with Crippen molar-refractivity contribution in [3.63, 3.8) is 0 Å². The zero-order valence-electron chi connectivity index (χ0n) is 13.6. The van der Waals surface area contributed by atoms with Gasteiger partial charge < -0.3 is 14.5 Å². The molecule has 2 aromatic heterocycles. The normalized spacial score (nSPS) is 25.4. The second-order valence-corrected chi connectivity index (χ2v) is 6.66. The lowest BCUT2D eigenvalue weighted by molar-refractivity contribution is 0.122. The summed E-state index contributed by atoms with van der Waals surface area (Å²) >= 11 is 0. The summed E-state index contributed by atoms with van der Waals surface area (Å²) < 4.78 is 10.3. The van der Waals surface area contributed by atoms with Crippen molar-refractivity contribution < 1.29 is 9.37 Å². The maximum Gasteiger partial charge on any atom is 0.245 e. The molecule has 3 aliphatic heterocycles. The van der Waals surface area contributed by atoms with E-state index in [4.69, 9.17) is 19.3 Å². The second kappa shape index (κ2) is 5.82. The first kappa shape index (κ1) is 14.4. The molecule has 0 spiro atoms. The van der Waals surface area contributed by atoms with Gasteiger partial charge in [-0.1, -0.05) is 0 Å². The van der Waals surface area contributed by atoms with E-state index in [9.17, 15) is 0 Å². The fourth-order valence-corrected chi connectivity index (χ4v) is 4.00. The molecule has 0 aromatic carbocycles. The van der Waals surface area contributed by atoms with Gasteiger partial charge in [-0.05, 0) is 29.7 Å². The Bertz CT molecular complexity index is 730. The van der Waals surface area contributed by atoms with Gasteiger partial charge in [-0.2, -0.15) is 0 Å². The molecule has 0 radical (unpaired) electrons. The molecular weight excluding hydrogens is 310 g/mol. The van der Waals surface area contributed by atoms with Crippen LogP contribution in [0, 0.1) is 0 Å². The van der Waals surface area contributed by atoms with Gasteiger partial charge in [-0.25, -0.2) is 14.6 Å². The quantitative estimate of drug-likeness (QED) is 0.762. The number of hydrogen-bond acceptors (Lipinski definition) is 9. The van der Waals surface area contributed by atoms with Gasteiger partial charge in [-0.3, -0.25) is 4.90 Å². The van der Waals surface area contributed by atoms with Gasteiger partial charge in [-0.15, -0.1) is 0 Å². The van der Waals surface area contributed by atoms with Crippen molar-refractivity contribution in [3.05, 3.63) is 0 Å². The van der Waals surface area contributed by atoms with Crippen molar-refractivity contribution >= 4 is 22.9 Å². The van der Waals surface area contributed by atoms with Crippen LogP contribution in [0.15, 0.2) is 4.63 Å². The summed E-state index contributed by atoms with van der Waals surface area (Å²) in [4.78, 5) is 16.6. The smallest absolute Gasteiger partial charge is 0.245 e. The number of nitrogens with zero attached hydrogens (tertiary/aromatic N) is 7. The Kier molecular flexibility index (Phi) is 3.48. The number of morpholine rings is 1. The van der Waals surface area contributed by atoms with Crippen LogP contribution >= 0.6 is 0 Å². The maximum absolute atomic E-state index is 5.48. The molecule has 24 heavy (non-hydrogen) atoms. The van der Waals surface area contributed by atoms with Crippen LogP contribution in [0.2, 0.25) is 0 Å². The molecule has 1 atom stereocenters. The van der Waals surface area contributed by atoms with Crippen molar-refractivity contribution in [1.82, 2.24) is 25.2 Å². The van der Waals surface area contributed by atoms with Gasteiger partial charge >= 0.3 is 0 Å². The highest BCUT2D eigenvalue weighted by molar-refractivity contribution is 5.75. The lowest BCUT2D eigenvalue weighted by Crippen LogP contribution is -2.51. The molecule has 128 valence electrons. The molecule has 3 saturated heterocycles. The average Bonchev–Trinajstić information content (AvgIpc) is 3.29. The van der Waals surface area contributed by atoms with Crippen molar-refractivity contribution in [2.45, 2.75) is 18.9 Å². The first-order chi connectivity index (χ1) is 11.9. The summed E-state index contributed by atoms with van der Waals surface area (Å²) in [6, 6.07) is 0.629. The summed E-state index contributed by atoms with van der Waals surface area (Å²) in [7, 11) is 0. The average molecular weight is 331 g/mol. The molecule has 3 fully saturated rings. The van der Waals surface area contributed by atoms with Crippen LogP contribution in [0.1, 0.15) is 12.8 Å². The molecule has 2 aromatic rings. The molecule has 0 N–H and O–H groups in total. The van der Waals surface area contributed by atoms with Crippen molar-refractivity contribution in [1.29, 1.82) is 0 Å². The molecule has 9 heteroatoms.